The number of thioether (sulfide) groups is 1. The van der Waals surface area contributed by atoms with Crippen LogP contribution < -0.4 is 4.74 Å². The maximum absolute atomic E-state index is 13.2. The van der Waals surface area contributed by atoms with Crippen molar-refractivity contribution < 1.29 is 14.3 Å². The Hall–Kier alpha value is -2.24. The van der Waals surface area contributed by atoms with Crippen LogP contribution in [0, 0.1) is 17.8 Å². The molecule has 0 unspecified atom stereocenters. The highest BCUT2D eigenvalue weighted by molar-refractivity contribution is 8.18. The van der Waals surface area contributed by atoms with E-state index in [2.05, 4.69) is 12.1 Å². The molecule has 2 aromatic rings. The third kappa shape index (κ3) is 3.87. The van der Waals surface area contributed by atoms with Crippen LogP contribution in [0.5, 0.6) is 5.75 Å². The highest BCUT2D eigenvalue weighted by Gasteiger charge is 2.51. The molecule has 7 rings (SSSR count). The van der Waals surface area contributed by atoms with Gasteiger partial charge in [-0.25, -0.2) is 0 Å². The van der Waals surface area contributed by atoms with E-state index in [4.69, 9.17) is 16.3 Å². The Morgan fingerprint density at radius 1 is 1.06 bits per heavy atom. The molecular formula is C28H28ClNO3S. The van der Waals surface area contributed by atoms with Crippen molar-refractivity contribution in [2.75, 3.05) is 7.11 Å². The summed E-state index contributed by atoms with van der Waals surface area (Å²) in [7, 11) is 1.65. The molecule has 6 heteroatoms. The van der Waals surface area contributed by atoms with Crippen molar-refractivity contribution in [3.05, 3.63) is 69.1 Å². The average Bonchev–Trinajstić information content (AvgIpc) is 3.05. The molecule has 2 amide bonds. The molecule has 4 bridgehead atoms. The van der Waals surface area contributed by atoms with Crippen LogP contribution in [-0.2, 0) is 16.8 Å². The zero-order valence-corrected chi connectivity index (χ0v) is 20.8. The summed E-state index contributed by atoms with van der Waals surface area (Å²) in [4.78, 5) is 27.6. The van der Waals surface area contributed by atoms with Crippen LogP contribution in [0.3, 0.4) is 0 Å². The molecule has 176 valence electrons. The molecule has 0 radical (unpaired) electrons. The molecule has 4 nitrogen and oxygen atoms in total. The predicted molar refractivity (Wildman–Crippen MR) is 136 cm³/mol. The number of benzene rings is 2. The average molecular weight is 494 g/mol. The molecule has 1 aliphatic heterocycles. The normalized spacial score (nSPS) is 31.1. The summed E-state index contributed by atoms with van der Waals surface area (Å²) in [5.41, 5.74) is 3.34. The molecule has 1 heterocycles. The van der Waals surface area contributed by atoms with Crippen molar-refractivity contribution in [3.8, 4) is 5.75 Å². The van der Waals surface area contributed by atoms with Crippen LogP contribution >= 0.6 is 23.4 Å². The summed E-state index contributed by atoms with van der Waals surface area (Å²) >= 11 is 7.08. The lowest BCUT2D eigenvalue weighted by molar-refractivity contribution is -0.123. The lowest BCUT2D eigenvalue weighted by Crippen LogP contribution is -2.48. The first-order chi connectivity index (χ1) is 16.4. The zero-order chi connectivity index (χ0) is 23.4. The third-order valence-electron chi connectivity index (χ3n) is 8.27. The first kappa shape index (κ1) is 22.2. The second-order valence-corrected chi connectivity index (χ2v) is 12.0. The topological polar surface area (TPSA) is 46.6 Å². The Kier molecular flexibility index (Phi) is 5.53. The van der Waals surface area contributed by atoms with Gasteiger partial charge in [-0.05, 0) is 115 Å². The van der Waals surface area contributed by atoms with E-state index < -0.39 is 0 Å². The summed E-state index contributed by atoms with van der Waals surface area (Å²) in [6, 6.07) is 13.7. The van der Waals surface area contributed by atoms with Crippen molar-refractivity contribution in [2.45, 2.75) is 50.5 Å². The van der Waals surface area contributed by atoms with Crippen molar-refractivity contribution in [1.29, 1.82) is 0 Å². The van der Waals surface area contributed by atoms with Crippen molar-refractivity contribution in [3.63, 3.8) is 0 Å². The SMILES string of the molecule is COc1ccc(C23CC4CC(CC(C4)C2)C3)cc1/C=C1\SC(=O)N(Cc2cccc(Cl)c2)C1=O. The van der Waals surface area contributed by atoms with Crippen LogP contribution in [0.15, 0.2) is 47.4 Å². The molecular weight excluding hydrogens is 466 g/mol. The van der Waals surface area contributed by atoms with Gasteiger partial charge in [-0.15, -0.1) is 0 Å². The standard InChI is InChI=1S/C28H28ClNO3S/c1-33-24-6-5-22(28-13-18-7-19(14-28)9-20(8-18)15-28)11-21(24)12-25-26(31)30(27(32)34-25)16-17-3-2-4-23(29)10-17/h2-6,10-12,18-20H,7-9,13-16H2,1H3/b25-12-. The number of amides is 2. The van der Waals surface area contributed by atoms with Gasteiger partial charge >= 0.3 is 0 Å². The maximum atomic E-state index is 13.2. The largest absolute Gasteiger partial charge is 0.496 e. The molecule has 34 heavy (non-hydrogen) atoms. The number of hydrogen-bond acceptors (Lipinski definition) is 4. The number of hydrogen-bond donors (Lipinski definition) is 0. The van der Waals surface area contributed by atoms with E-state index in [0.29, 0.717) is 9.93 Å². The van der Waals surface area contributed by atoms with Crippen LogP contribution in [0.1, 0.15) is 55.2 Å². The highest BCUT2D eigenvalue weighted by atomic mass is 35.5. The zero-order valence-electron chi connectivity index (χ0n) is 19.3. The fraction of sp³-hybridized carbons (Fsp3) is 0.429. The minimum absolute atomic E-state index is 0.215. The van der Waals surface area contributed by atoms with E-state index in [1.165, 1.54) is 49.0 Å². The molecule has 5 fully saturated rings. The van der Waals surface area contributed by atoms with Crippen LogP contribution in [0.2, 0.25) is 5.02 Å². The first-order valence-corrected chi connectivity index (χ1v) is 13.3. The molecule has 0 spiro atoms. The summed E-state index contributed by atoms with van der Waals surface area (Å²) in [5.74, 6) is 3.05. The van der Waals surface area contributed by atoms with E-state index in [-0.39, 0.29) is 23.1 Å². The number of nitrogens with zero attached hydrogens (tertiary/aromatic N) is 1. The minimum atomic E-state index is -0.266. The monoisotopic (exact) mass is 493 g/mol. The van der Waals surface area contributed by atoms with Gasteiger partial charge in [0.15, 0.2) is 0 Å². The number of methoxy groups -OCH3 is 1. The molecule has 4 saturated carbocycles. The molecule has 1 saturated heterocycles. The predicted octanol–water partition coefficient (Wildman–Crippen LogP) is 7.05. The Morgan fingerprint density at radius 3 is 2.41 bits per heavy atom. The maximum Gasteiger partial charge on any atom is 0.293 e. The van der Waals surface area contributed by atoms with Gasteiger partial charge in [0, 0.05) is 10.6 Å². The van der Waals surface area contributed by atoms with Gasteiger partial charge in [-0.3, -0.25) is 14.5 Å². The van der Waals surface area contributed by atoms with E-state index >= 15 is 0 Å². The number of imide groups is 1. The quantitative estimate of drug-likeness (QED) is 0.418. The Balaban J connectivity index is 1.30. The van der Waals surface area contributed by atoms with Gasteiger partial charge in [-0.1, -0.05) is 29.8 Å². The second-order valence-electron chi connectivity index (χ2n) is 10.6. The van der Waals surface area contributed by atoms with Gasteiger partial charge in [0.05, 0.1) is 18.6 Å². The minimum Gasteiger partial charge on any atom is -0.496 e. The lowest BCUT2D eigenvalue weighted by Gasteiger charge is -2.57. The summed E-state index contributed by atoms with van der Waals surface area (Å²) < 4.78 is 5.65. The summed E-state index contributed by atoms with van der Waals surface area (Å²) in [5, 5.41) is 0.332. The smallest absolute Gasteiger partial charge is 0.293 e. The second kappa shape index (κ2) is 8.46. The van der Waals surface area contributed by atoms with Gasteiger partial charge in [-0.2, -0.15) is 0 Å². The van der Waals surface area contributed by atoms with Crippen LogP contribution in [0.25, 0.3) is 6.08 Å². The summed E-state index contributed by atoms with van der Waals surface area (Å²) in [6.07, 6.45) is 9.89. The van der Waals surface area contributed by atoms with E-state index in [1.807, 2.05) is 24.3 Å². The Labute approximate surface area is 209 Å². The lowest BCUT2D eigenvalue weighted by atomic mass is 9.48. The number of carbonyl (C=O) groups is 2. The molecule has 5 aliphatic rings. The number of rotatable bonds is 5. The highest BCUT2D eigenvalue weighted by Crippen LogP contribution is 2.61. The van der Waals surface area contributed by atoms with Crippen LogP contribution in [0.4, 0.5) is 4.79 Å². The first-order valence-electron chi connectivity index (χ1n) is 12.1. The van der Waals surface area contributed by atoms with E-state index in [1.54, 1.807) is 19.2 Å². The van der Waals surface area contributed by atoms with Gasteiger partial charge in [0.2, 0.25) is 0 Å². The summed E-state index contributed by atoms with van der Waals surface area (Å²) in [6.45, 7) is 0.215. The van der Waals surface area contributed by atoms with E-state index in [9.17, 15) is 9.59 Å². The van der Waals surface area contributed by atoms with Gasteiger partial charge in [0.1, 0.15) is 5.75 Å². The number of halogens is 1. The molecule has 4 aliphatic carbocycles. The van der Waals surface area contributed by atoms with Gasteiger partial charge in [0.25, 0.3) is 11.1 Å². The van der Waals surface area contributed by atoms with Crippen molar-refractivity contribution >= 4 is 40.6 Å². The van der Waals surface area contributed by atoms with Gasteiger partial charge < -0.3 is 4.74 Å². The number of ether oxygens (including phenoxy) is 1. The molecule has 0 N–H and O–H groups in total. The number of carbonyl (C=O) groups excluding carboxylic acids is 2. The van der Waals surface area contributed by atoms with E-state index in [0.717, 1.165) is 46.4 Å². The molecule has 2 aromatic carbocycles. The van der Waals surface area contributed by atoms with Crippen molar-refractivity contribution in [1.82, 2.24) is 4.90 Å². The fourth-order valence-electron chi connectivity index (χ4n) is 7.24. The fourth-order valence-corrected chi connectivity index (χ4v) is 8.28. The van der Waals surface area contributed by atoms with Crippen molar-refractivity contribution in [2.24, 2.45) is 17.8 Å². The third-order valence-corrected chi connectivity index (χ3v) is 9.41. The Bertz CT molecular complexity index is 1170. The Morgan fingerprint density at radius 2 is 1.76 bits per heavy atom. The molecule has 0 aromatic heterocycles. The van der Waals surface area contributed by atoms with Crippen LogP contribution in [-0.4, -0.2) is 23.2 Å². The molecule has 0 atom stereocenters.